The van der Waals surface area contributed by atoms with Crippen LogP contribution in [0, 0.1) is 11.3 Å². The van der Waals surface area contributed by atoms with Crippen LogP contribution in [0.25, 0.3) is 0 Å². The van der Waals surface area contributed by atoms with Crippen LogP contribution >= 0.6 is 11.6 Å². The number of rotatable bonds is 4. The summed E-state index contributed by atoms with van der Waals surface area (Å²) in [5.74, 6) is 0. The Morgan fingerprint density at radius 1 is 0.875 bits per heavy atom. The average molecular weight is 521 g/mol. The summed E-state index contributed by atoms with van der Waals surface area (Å²) >= 11 is 5.60. The first kappa shape index (κ1) is 25.4. The number of alkyl halides is 6. The molecule has 0 N–H and O–H groups in total. The standard InChI is InChI=1S/C16H7ClF6N2O5S2/c17-11-1-3-12(4-2-11)31(26,27)14(8-24)25-30-32(28,29)13-6-9(15(18,19)20)5-10(7-13)16(21,22)23/h1-7H/b25-14+. The van der Waals surface area contributed by atoms with E-state index >= 15 is 0 Å². The van der Waals surface area contributed by atoms with Gasteiger partial charge in [0.15, 0.2) is 0 Å². The molecule has 2 rings (SSSR count). The molecule has 7 nitrogen and oxygen atoms in total. The van der Waals surface area contributed by atoms with E-state index in [9.17, 15) is 43.2 Å². The minimum absolute atomic E-state index is 0.114. The Balaban J connectivity index is 2.53. The van der Waals surface area contributed by atoms with Crippen LogP contribution < -0.4 is 0 Å². The van der Waals surface area contributed by atoms with E-state index in [0.29, 0.717) is 0 Å². The van der Waals surface area contributed by atoms with Crippen LogP contribution in [0.1, 0.15) is 11.1 Å². The van der Waals surface area contributed by atoms with Crippen molar-refractivity contribution in [1.29, 1.82) is 5.26 Å². The molecule has 16 heteroatoms. The highest BCUT2D eigenvalue weighted by molar-refractivity contribution is 8.07. The molecule has 32 heavy (non-hydrogen) atoms. The third kappa shape index (κ3) is 5.69. The third-order valence-corrected chi connectivity index (χ3v) is 6.45. The van der Waals surface area contributed by atoms with Gasteiger partial charge in [-0.15, -0.1) is 0 Å². The van der Waals surface area contributed by atoms with Crippen molar-refractivity contribution >= 4 is 36.6 Å². The van der Waals surface area contributed by atoms with E-state index in [1.165, 1.54) is 0 Å². The van der Waals surface area contributed by atoms with Gasteiger partial charge in [0.25, 0.3) is 5.04 Å². The summed E-state index contributed by atoms with van der Waals surface area (Å²) in [5.41, 5.74) is -3.93. The number of oxime groups is 1. The minimum Gasteiger partial charge on any atom is -0.263 e. The van der Waals surface area contributed by atoms with Gasteiger partial charge >= 0.3 is 22.5 Å². The molecule has 172 valence electrons. The quantitative estimate of drug-likeness (QED) is 0.256. The summed E-state index contributed by atoms with van der Waals surface area (Å²) in [4.78, 5) is -2.19. The van der Waals surface area contributed by atoms with Gasteiger partial charge in [-0.05, 0) is 47.6 Å². The summed E-state index contributed by atoms with van der Waals surface area (Å²) in [6, 6.07) is 4.46. The lowest BCUT2D eigenvalue weighted by Crippen LogP contribution is -2.16. The zero-order valence-corrected chi connectivity index (χ0v) is 17.3. The van der Waals surface area contributed by atoms with Crippen LogP contribution in [0.4, 0.5) is 26.3 Å². The molecule has 0 radical (unpaired) electrons. The van der Waals surface area contributed by atoms with Gasteiger partial charge in [0.2, 0.25) is 9.84 Å². The molecule has 0 aliphatic rings. The van der Waals surface area contributed by atoms with E-state index in [4.69, 9.17) is 16.9 Å². The van der Waals surface area contributed by atoms with Crippen molar-refractivity contribution in [3.8, 4) is 6.07 Å². The fourth-order valence-corrected chi connectivity index (χ4v) is 4.00. The summed E-state index contributed by atoms with van der Waals surface area (Å²) in [6.45, 7) is 0. The predicted octanol–water partition coefficient (Wildman–Crippen LogP) is 4.39. The largest absolute Gasteiger partial charge is 0.416 e. The average Bonchev–Trinajstić information content (AvgIpc) is 2.67. The van der Waals surface area contributed by atoms with E-state index < -0.39 is 58.3 Å². The molecule has 0 aliphatic heterocycles. The Kier molecular flexibility index (Phi) is 6.84. The van der Waals surface area contributed by atoms with Gasteiger partial charge in [-0.1, -0.05) is 11.6 Å². The zero-order valence-electron chi connectivity index (χ0n) is 14.9. The predicted molar refractivity (Wildman–Crippen MR) is 96.4 cm³/mol. The first-order chi connectivity index (χ1) is 14.5. The highest BCUT2D eigenvalue weighted by atomic mass is 35.5. The van der Waals surface area contributed by atoms with Gasteiger partial charge in [-0.25, -0.2) is 8.42 Å². The van der Waals surface area contributed by atoms with Crippen molar-refractivity contribution in [3.05, 3.63) is 58.6 Å². The van der Waals surface area contributed by atoms with Crippen molar-refractivity contribution in [2.45, 2.75) is 22.1 Å². The summed E-state index contributed by atoms with van der Waals surface area (Å²) in [6.07, 6.45) is -10.7. The lowest BCUT2D eigenvalue weighted by molar-refractivity contribution is -0.143. The van der Waals surface area contributed by atoms with Crippen LogP contribution in [0.3, 0.4) is 0 Å². The number of benzene rings is 2. The van der Waals surface area contributed by atoms with Gasteiger partial charge < -0.3 is 0 Å². The lowest BCUT2D eigenvalue weighted by atomic mass is 10.1. The molecular weight excluding hydrogens is 514 g/mol. The van der Waals surface area contributed by atoms with Gasteiger partial charge in [-0.2, -0.15) is 40.0 Å². The molecule has 0 amide bonds. The number of hydrogen-bond acceptors (Lipinski definition) is 7. The summed E-state index contributed by atoms with van der Waals surface area (Å²) in [5, 5.41) is 10.2. The Hall–Kier alpha value is -2.83. The minimum atomic E-state index is -5.50. The van der Waals surface area contributed by atoms with Gasteiger partial charge in [-0.3, -0.25) is 4.28 Å². The lowest BCUT2D eigenvalue weighted by Gasteiger charge is -2.13. The molecule has 0 saturated carbocycles. The van der Waals surface area contributed by atoms with Crippen molar-refractivity contribution in [1.82, 2.24) is 0 Å². The number of sulfone groups is 1. The van der Waals surface area contributed by atoms with Gasteiger partial charge in [0.1, 0.15) is 11.0 Å². The first-order valence-electron chi connectivity index (χ1n) is 7.70. The molecule has 0 heterocycles. The smallest absolute Gasteiger partial charge is 0.263 e. The Labute approximate surface area is 181 Å². The molecule has 0 unspecified atom stereocenters. The first-order valence-corrected chi connectivity index (χ1v) is 11.0. The van der Waals surface area contributed by atoms with E-state index in [0.717, 1.165) is 30.3 Å². The molecule has 0 aliphatic carbocycles. The van der Waals surface area contributed by atoms with Crippen molar-refractivity contribution in [3.63, 3.8) is 0 Å². The second kappa shape index (κ2) is 8.60. The second-order valence-electron chi connectivity index (χ2n) is 5.74. The second-order valence-corrected chi connectivity index (χ2v) is 9.57. The maximum absolute atomic E-state index is 12.9. The van der Waals surface area contributed by atoms with Crippen LogP contribution in [0.2, 0.25) is 5.02 Å². The number of halogens is 7. The highest BCUT2D eigenvalue weighted by Gasteiger charge is 2.38. The number of nitrogens with zero attached hydrogens (tertiary/aromatic N) is 2. The van der Waals surface area contributed by atoms with E-state index in [1.807, 2.05) is 0 Å². The Morgan fingerprint density at radius 3 is 1.75 bits per heavy atom. The maximum atomic E-state index is 12.9. The monoisotopic (exact) mass is 520 g/mol. The van der Waals surface area contributed by atoms with Crippen molar-refractivity contribution in [2.75, 3.05) is 0 Å². The van der Waals surface area contributed by atoms with Gasteiger partial charge in [0, 0.05) is 5.02 Å². The summed E-state index contributed by atoms with van der Waals surface area (Å²) < 4.78 is 130. The van der Waals surface area contributed by atoms with Crippen molar-refractivity contribution < 1.29 is 47.5 Å². The molecule has 0 fully saturated rings. The normalized spacial score (nSPS) is 13.5. The third-order valence-electron chi connectivity index (χ3n) is 3.54. The van der Waals surface area contributed by atoms with Crippen LogP contribution in [-0.4, -0.2) is 21.9 Å². The highest BCUT2D eigenvalue weighted by Crippen LogP contribution is 2.37. The number of nitriles is 1. The molecule has 0 aromatic heterocycles. The molecule has 0 atom stereocenters. The Bertz CT molecular complexity index is 1280. The van der Waals surface area contributed by atoms with E-state index in [1.54, 1.807) is 0 Å². The van der Waals surface area contributed by atoms with Crippen LogP contribution in [-0.2, 0) is 36.6 Å². The zero-order chi connectivity index (χ0) is 24.5. The Morgan fingerprint density at radius 2 is 1.34 bits per heavy atom. The van der Waals surface area contributed by atoms with E-state index in [2.05, 4.69) is 9.44 Å². The van der Waals surface area contributed by atoms with Crippen LogP contribution in [0.15, 0.2) is 57.4 Å². The molecule has 2 aromatic rings. The van der Waals surface area contributed by atoms with Crippen molar-refractivity contribution in [2.24, 2.45) is 5.16 Å². The molecule has 0 spiro atoms. The fourth-order valence-electron chi connectivity index (χ4n) is 2.05. The maximum Gasteiger partial charge on any atom is 0.416 e. The molecule has 2 aromatic carbocycles. The number of hydrogen-bond donors (Lipinski definition) is 0. The van der Waals surface area contributed by atoms with E-state index in [-0.39, 0.29) is 23.2 Å². The molecular formula is C16H7ClF6N2O5S2. The van der Waals surface area contributed by atoms with Gasteiger partial charge in [0.05, 0.1) is 16.0 Å². The topological polar surface area (TPSA) is 114 Å². The summed E-state index contributed by atoms with van der Waals surface area (Å²) in [7, 11) is -10.3. The molecule has 0 bridgehead atoms. The molecule has 0 saturated heterocycles. The fraction of sp³-hybridized carbons (Fsp3) is 0.125. The van der Waals surface area contributed by atoms with Crippen LogP contribution in [0.5, 0.6) is 0 Å². The SMILES string of the molecule is N#C/C(=N\OS(=O)(=O)c1cc(C(F)(F)F)cc(C(F)(F)F)c1)S(=O)(=O)c1ccc(Cl)cc1.